The first-order valence-electron chi connectivity index (χ1n) is 22.1. The summed E-state index contributed by atoms with van der Waals surface area (Å²) in [4.78, 5) is 5.36. The second-order valence-corrected chi connectivity index (χ2v) is 22.4. The molecule has 0 aliphatic rings. The summed E-state index contributed by atoms with van der Waals surface area (Å²) < 4.78 is 18.7. The standard InChI is InChI=1S/C58H48N4OTe.Pt/c1-57(2,3)40-32-47(38-18-9-7-10-19-38)55(48(33-40)39-20-11-8-12-21-39)61-37-60(51-26-15-16-27-52(51)61)41-22-17-23-42(34-41)63-43-28-29-45-44-24-13-14-25-50(44)62(53(45)35-43)54-36-49(58(4,5)6)46-30-31-64-56(46)59-54;/h7-36H,1-6H3;. The number of imidazole rings is 1. The van der Waals surface area contributed by atoms with E-state index in [2.05, 4.69) is 255 Å². The number of hydrogen-bond donors (Lipinski definition) is 0. The van der Waals surface area contributed by atoms with E-state index in [0.717, 1.165) is 54.6 Å². The second kappa shape index (κ2) is 16.1. The molecular formula is C58H48N4OPtTe. The Morgan fingerprint density at radius 2 is 1.09 bits per heavy atom. The van der Waals surface area contributed by atoms with Gasteiger partial charge in [0, 0.05) is 0 Å². The molecule has 0 fully saturated rings. The van der Waals surface area contributed by atoms with Crippen molar-refractivity contribution < 1.29 is 24.1 Å². The summed E-state index contributed by atoms with van der Waals surface area (Å²) in [6.45, 7) is 13.8. The molecule has 4 aromatic heterocycles. The Morgan fingerprint density at radius 3 is 1.75 bits per heavy atom. The number of rotatable bonds is 7. The molecule has 0 spiro atoms. The van der Waals surface area contributed by atoms with Crippen LogP contribution >= 0.6 is 0 Å². The summed E-state index contributed by atoms with van der Waals surface area (Å²) in [6.07, 6.45) is 0. The van der Waals surface area contributed by atoms with Crippen molar-refractivity contribution in [2.24, 2.45) is 0 Å². The van der Waals surface area contributed by atoms with Gasteiger partial charge in [-0.25, -0.2) is 0 Å². The summed E-state index contributed by atoms with van der Waals surface area (Å²) in [5.74, 6) is 2.50. The molecule has 7 aromatic carbocycles. The van der Waals surface area contributed by atoms with Crippen LogP contribution in [0.25, 0.3) is 81.2 Å². The van der Waals surface area contributed by atoms with Crippen LogP contribution in [-0.2, 0) is 30.2 Å². The number of para-hydroxylation sites is 3. The molecule has 7 heteroatoms. The van der Waals surface area contributed by atoms with Crippen molar-refractivity contribution in [2.75, 3.05) is 0 Å². The van der Waals surface area contributed by atoms with Crippen molar-refractivity contribution in [1.82, 2.24) is 18.7 Å². The normalized spacial score (nSPS) is 12.2. The Kier molecular flexibility index (Phi) is 10.3. The molecule has 4 heterocycles. The van der Waals surface area contributed by atoms with E-state index in [4.69, 9.17) is 9.72 Å². The van der Waals surface area contributed by atoms with Gasteiger partial charge in [-0.2, -0.15) is 0 Å². The first-order valence-corrected chi connectivity index (χ1v) is 25.8. The number of fused-ring (bicyclic) bond motifs is 5. The van der Waals surface area contributed by atoms with Crippen molar-refractivity contribution in [3.63, 3.8) is 0 Å². The Bertz CT molecular complexity index is 3610. The van der Waals surface area contributed by atoms with Gasteiger partial charge < -0.3 is 0 Å². The number of nitrogens with zero attached hydrogens (tertiary/aromatic N) is 4. The van der Waals surface area contributed by atoms with Gasteiger partial charge in [0.2, 0.25) is 0 Å². The van der Waals surface area contributed by atoms with Crippen molar-refractivity contribution in [3.05, 3.63) is 195 Å². The molecule has 0 aliphatic carbocycles. The molecule has 0 saturated carbocycles. The van der Waals surface area contributed by atoms with E-state index in [1.165, 1.54) is 53.1 Å². The van der Waals surface area contributed by atoms with E-state index in [1.807, 2.05) is 0 Å². The monoisotopic (exact) mass is 1140 g/mol. The molecule has 0 bridgehead atoms. The zero-order valence-electron chi connectivity index (χ0n) is 37.2. The minimum absolute atomic E-state index is 0.0190. The molecule has 0 N–H and O–H groups in total. The van der Waals surface area contributed by atoms with Crippen molar-refractivity contribution in [2.45, 2.75) is 52.4 Å². The van der Waals surface area contributed by atoms with E-state index < -0.39 is 20.4 Å². The molecule has 0 amide bonds. The van der Waals surface area contributed by atoms with E-state index >= 15 is 0 Å². The summed E-state index contributed by atoms with van der Waals surface area (Å²) in [6, 6.07) is 63.4. The van der Waals surface area contributed by atoms with Crippen molar-refractivity contribution in [3.8, 4) is 50.9 Å². The molecule has 0 unspecified atom stereocenters. The van der Waals surface area contributed by atoms with Crippen LogP contribution in [0, 0.1) is 3.80 Å². The quantitative estimate of drug-likeness (QED) is 0.149. The first-order chi connectivity index (χ1) is 31.4. The molecule has 11 rings (SSSR count). The zero-order valence-corrected chi connectivity index (χ0v) is 41.8. The average Bonchev–Trinajstić information content (AvgIpc) is 4.00. The molecule has 0 aliphatic heterocycles. The summed E-state index contributed by atoms with van der Waals surface area (Å²) in [5, 5.41) is 3.69. The van der Waals surface area contributed by atoms with Crippen LogP contribution in [0.4, 0.5) is 0 Å². The van der Waals surface area contributed by atoms with Crippen LogP contribution in [0.15, 0.2) is 180 Å². The van der Waals surface area contributed by atoms with Gasteiger partial charge in [0.15, 0.2) is 0 Å². The predicted molar refractivity (Wildman–Crippen MR) is 267 cm³/mol. The molecule has 65 heavy (non-hydrogen) atoms. The van der Waals surface area contributed by atoms with Gasteiger partial charge in [0.25, 0.3) is 0 Å². The van der Waals surface area contributed by atoms with Gasteiger partial charge in [-0.05, 0) is 0 Å². The van der Waals surface area contributed by atoms with Gasteiger partial charge in [-0.1, -0.05) is 0 Å². The Balaban J connectivity index is 1.06. The van der Waals surface area contributed by atoms with E-state index in [9.17, 15) is 0 Å². The fourth-order valence-corrected chi connectivity index (χ4v) is 12.6. The third-order valence-corrected chi connectivity index (χ3v) is 15.8. The van der Waals surface area contributed by atoms with Gasteiger partial charge in [-0.3, -0.25) is 0 Å². The number of ether oxygens (including phenoxy) is 1. The fraction of sp³-hybridized carbons (Fsp3) is 0.138. The number of pyridine rings is 1. The Labute approximate surface area is 400 Å². The third-order valence-electron chi connectivity index (χ3n) is 12.5. The SMILES string of the molecule is CC(C)(C)c1cc(-c2ccccc2)c(-n2[c](=[Pt])n(-c3cccc(Oc4ccc5c6ccccc6n(-c6cc(C(C)(C)C)c7cc[te]c7n6)c5c4)c3)c3ccccc32)c(-c2ccccc2)c1. The molecule has 0 radical (unpaired) electrons. The summed E-state index contributed by atoms with van der Waals surface area (Å²) >= 11 is 2.04. The van der Waals surface area contributed by atoms with Crippen molar-refractivity contribution in [1.29, 1.82) is 0 Å². The van der Waals surface area contributed by atoms with Crippen LogP contribution in [0.1, 0.15) is 52.7 Å². The Hall–Kier alpha value is -6.02. The molecule has 5 nitrogen and oxygen atoms in total. The van der Waals surface area contributed by atoms with Gasteiger partial charge in [-0.15, -0.1) is 0 Å². The summed E-state index contributed by atoms with van der Waals surface area (Å²) in [7, 11) is 0. The van der Waals surface area contributed by atoms with E-state index in [-0.39, 0.29) is 10.8 Å². The van der Waals surface area contributed by atoms with Crippen molar-refractivity contribution >= 4 is 62.2 Å². The van der Waals surface area contributed by atoms with Crippen LogP contribution in [0.5, 0.6) is 11.5 Å². The van der Waals surface area contributed by atoms with Gasteiger partial charge in [0.1, 0.15) is 0 Å². The number of benzene rings is 7. The molecule has 11 aromatic rings. The predicted octanol–water partition coefficient (Wildman–Crippen LogP) is 14.9. The maximum atomic E-state index is 6.87. The van der Waals surface area contributed by atoms with Gasteiger partial charge in [0.05, 0.1) is 0 Å². The molecule has 322 valence electrons. The fourth-order valence-electron chi connectivity index (χ4n) is 9.31. The third kappa shape index (κ3) is 7.37. The molecule has 0 atom stereocenters. The Morgan fingerprint density at radius 1 is 0.492 bits per heavy atom. The number of aromatic nitrogens is 4. The topological polar surface area (TPSA) is 36.9 Å². The average molecular weight is 1140 g/mol. The molecular weight excluding hydrogens is 1090 g/mol. The molecule has 0 saturated heterocycles. The maximum absolute atomic E-state index is 6.87. The first kappa shape index (κ1) is 41.7. The van der Waals surface area contributed by atoms with Gasteiger partial charge >= 0.3 is 403 Å². The second-order valence-electron chi connectivity index (χ2n) is 18.9. The zero-order chi connectivity index (χ0) is 44.6. The van der Waals surface area contributed by atoms with Crippen LogP contribution < -0.4 is 4.74 Å². The summed E-state index contributed by atoms with van der Waals surface area (Å²) in [5.41, 5.74) is 13.9. The van der Waals surface area contributed by atoms with Crippen LogP contribution in [0.3, 0.4) is 0 Å². The minimum atomic E-state index is -0.484. The number of hydrogen-bond acceptors (Lipinski definition) is 2. The van der Waals surface area contributed by atoms with Crippen LogP contribution in [0.2, 0.25) is 0 Å². The van der Waals surface area contributed by atoms with Crippen LogP contribution in [-0.4, -0.2) is 39.1 Å². The van der Waals surface area contributed by atoms with E-state index in [1.54, 1.807) is 0 Å². The van der Waals surface area contributed by atoms with E-state index in [0.29, 0.717) is 0 Å².